The van der Waals surface area contributed by atoms with Crippen molar-refractivity contribution in [2.45, 2.75) is 25.8 Å². The quantitative estimate of drug-likeness (QED) is 0.657. The van der Waals surface area contributed by atoms with E-state index in [1.807, 2.05) is 0 Å². The first-order valence-electron chi connectivity index (χ1n) is 6.10. The molecule has 0 radical (unpaired) electrons. The van der Waals surface area contributed by atoms with Gasteiger partial charge in [-0.15, -0.1) is 0 Å². The van der Waals surface area contributed by atoms with Crippen LogP contribution >= 0.6 is 0 Å². The molecule has 7 heteroatoms. The predicted octanol–water partition coefficient (Wildman–Crippen LogP) is 1.33. The van der Waals surface area contributed by atoms with Gasteiger partial charge in [0.2, 0.25) is 11.7 Å². The summed E-state index contributed by atoms with van der Waals surface area (Å²) in [5.41, 5.74) is 0.679. The summed E-state index contributed by atoms with van der Waals surface area (Å²) in [4.78, 5) is 27.7. The van der Waals surface area contributed by atoms with Gasteiger partial charge in [-0.2, -0.15) is 0 Å². The van der Waals surface area contributed by atoms with Gasteiger partial charge in [-0.3, -0.25) is 14.9 Å². The second-order valence-electron chi connectivity index (χ2n) is 4.73. The average molecular weight is 264 g/mol. The van der Waals surface area contributed by atoms with Gasteiger partial charge in [-0.05, 0) is 19.4 Å². The number of nitrogens with one attached hydrogen (secondary N) is 1. The van der Waals surface area contributed by atoms with Gasteiger partial charge in [0, 0.05) is 37.8 Å². The van der Waals surface area contributed by atoms with Gasteiger partial charge in [0.25, 0.3) is 0 Å². The molecule has 1 saturated heterocycles. The number of nitro groups is 1. The van der Waals surface area contributed by atoms with Crippen LogP contribution in [0.25, 0.3) is 0 Å². The van der Waals surface area contributed by atoms with Crippen LogP contribution in [-0.2, 0) is 4.79 Å². The van der Waals surface area contributed by atoms with Crippen molar-refractivity contribution in [2.75, 3.05) is 18.9 Å². The fraction of sp³-hybridized carbons (Fsp3) is 0.500. The van der Waals surface area contributed by atoms with Crippen LogP contribution in [-0.4, -0.2) is 40.3 Å². The number of amides is 1. The van der Waals surface area contributed by atoms with Gasteiger partial charge in [0.1, 0.15) is 0 Å². The second kappa shape index (κ2) is 5.21. The minimum Gasteiger partial charge on any atom is -0.360 e. The van der Waals surface area contributed by atoms with E-state index >= 15 is 0 Å². The summed E-state index contributed by atoms with van der Waals surface area (Å²) in [5.74, 6) is 0.377. The molecule has 2 heterocycles. The zero-order chi connectivity index (χ0) is 14.0. The van der Waals surface area contributed by atoms with E-state index < -0.39 is 4.92 Å². The Balaban J connectivity index is 2.16. The maximum atomic E-state index is 11.4. The first kappa shape index (κ1) is 13.3. The molecular weight excluding hydrogens is 248 g/mol. The molecule has 0 bridgehead atoms. The minimum atomic E-state index is -0.452. The topological polar surface area (TPSA) is 88.4 Å². The number of carbonyl (C=O) groups excluding carboxylic acids is 1. The Bertz CT molecular complexity index is 518. The van der Waals surface area contributed by atoms with E-state index in [9.17, 15) is 14.9 Å². The van der Waals surface area contributed by atoms with E-state index in [1.165, 1.54) is 6.07 Å². The molecule has 0 saturated carbocycles. The number of piperidine rings is 1. The number of nitrogens with zero attached hydrogens (tertiary/aromatic N) is 3. The van der Waals surface area contributed by atoms with Crippen LogP contribution in [0.5, 0.6) is 0 Å². The maximum absolute atomic E-state index is 11.4. The molecular formula is C12H16N4O3. The Morgan fingerprint density at radius 3 is 2.89 bits per heavy atom. The highest BCUT2D eigenvalue weighted by atomic mass is 16.6. The highest BCUT2D eigenvalue weighted by Crippen LogP contribution is 2.24. The number of hydrogen-bond donors (Lipinski definition) is 1. The third-order valence-corrected chi connectivity index (χ3v) is 3.18. The van der Waals surface area contributed by atoms with Gasteiger partial charge < -0.3 is 10.2 Å². The number of hydrogen-bond acceptors (Lipinski definition) is 5. The van der Waals surface area contributed by atoms with Gasteiger partial charge in [0.05, 0.1) is 4.92 Å². The molecule has 1 aromatic heterocycles. The summed E-state index contributed by atoms with van der Waals surface area (Å²) in [5, 5.41) is 14.0. The molecule has 102 valence electrons. The Hall–Kier alpha value is -2.18. The minimum absolute atomic E-state index is 0.00398. The third-order valence-electron chi connectivity index (χ3n) is 3.18. The van der Waals surface area contributed by atoms with Gasteiger partial charge in [-0.1, -0.05) is 0 Å². The molecule has 1 aliphatic rings. The first-order valence-corrected chi connectivity index (χ1v) is 6.10. The largest absolute Gasteiger partial charge is 0.360 e. The van der Waals surface area contributed by atoms with Gasteiger partial charge >= 0.3 is 5.69 Å². The standard InChI is InChI=1S/C12H16N4O3/c1-8-3-5-10(16(18)19)12(13-8)14-9-4-6-11(17)15(2)7-9/h3,5,9H,4,6-7H2,1-2H3,(H,13,14). The van der Waals surface area contributed by atoms with Crippen LogP contribution in [0.3, 0.4) is 0 Å². The van der Waals surface area contributed by atoms with Crippen LogP contribution in [0, 0.1) is 17.0 Å². The fourth-order valence-corrected chi connectivity index (χ4v) is 2.13. The third kappa shape index (κ3) is 2.98. The van der Waals surface area contributed by atoms with E-state index in [2.05, 4.69) is 10.3 Å². The Kier molecular flexibility index (Phi) is 3.64. The summed E-state index contributed by atoms with van der Waals surface area (Å²) >= 11 is 0. The molecule has 0 aliphatic carbocycles. The summed E-state index contributed by atoms with van der Waals surface area (Å²) < 4.78 is 0. The van der Waals surface area contributed by atoms with E-state index in [1.54, 1.807) is 24.9 Å². The molecule has 1 fully saturated rings. The van der Waals surface area contributed by atoms with E-state index in [-0.39, 0.29) is 23.5 Å². The van der Waals surface area contributed by atoms with Gasteiger partial charge in [0.15, 0.2) is 0 Å². The highest BCUT2D eigenvalue weighted by Gasteiger charge is 2.25. The van der Waals surface area contributed by atoms with E-state index in [4.69, 9.17) is 0 Å². The number of likely N-dealkylation sites (N-methyl/N-ethyl adjacent to an activating group) is 1. The second-order valence-corrected chi connectivity index (χ2v) is 4.73. The molecule has 7 nitrogen and oxygen atoms in total. The van der Waals surface area contributed by atoms with Crippen LogP contribution in [0.2, 0.25) is 0 Å². The molecule has 0 aromatic carbocycles. The molecule has 1 amide bonds. The Morgan fingerprint density at radius 1 is 1.53 bits per heavy atom. The number of carbonyl (C=O) groups is 1. The van der Waals surface area contributed by atoms with Crippen molar-refractivity contribution in [3.63, 3.8) is 0 Å². The van der Waals surface area contributed by atoms with Crippen molar-refractivity contribution in [1.29, 1.82) is 0 Å². The van der Waals surface area contributed by atoms with Crippen LogP contribution in [0.15, 0.2) is 12.1 Å². The molecule has 1 aliphatic heterocycles. The molecule has 0 spiro atoms. The average Bonchev–Trinajstić information content (AvgIpc) is 2.33. The maximum Gasteiger partial charge on any atom is 0.311 e. The molecule has 19 heavy (non-hydrogen) atoms. The molecule has 1 N–H and O–H groups in total. The van der Waals surface area contributed by atoms with Crippen molar-refractivity contribution in [1.82, 2.24) is 9.88 Å². The SMILES string of the molecule is Cc1ccc([N+](=O)[O-])c(NC2CCC(=O)N(C)C2)n1. The van der Waals surface area contributed by atoms with Crippen molar-refractivity contribution in [3.8, 4) is 0 Å². The number of likely N-dealkylation sites (tertiary alicyclic amines) is 1. The Morgan fingerprint density at radius 2 is 2.26 bits per heavy atom. The van der Waals surface area contributed by atoms with Crippen molar-refractivity contribution in [3.05, 3.63) is 27.9 Å². The van der Waals surface area contributed by atoms with Crippen molar-refractivity contribution in [2.24, 2.45) is 0 Å². The van der Waals surface area contributed by atoms with Crippen LogP contribution < -0.4 is 5.32 Å². The number of anilines is 1. The fourth-order valence-electron chi connectivity index (χ4n) is 2.13. The number of aromatic nitrogens is 1. The van der Waals surface area contributed by atoms with Crippen LogP contribution in [0.1, 0.15) is 18.5 Å². The zero-order valence-corrected chi connectivity index (χ0v) is 10.9. The summed E-state index contributed by atoms with van der Waals surface area (Å²) in [6.07, 6.45) is 1.11. The molecule has 1 unspecified atom stereocenters. The van der Waals surface area contributed by atoms with Crippen LogP contribution in [0.4, 0.5) is 11.5 Å². The van der Waals surface area contributed by atoms with Crippen molar-refractivity contribution >= 4 is 17.4 Å². The number of rotatable bonds is 3. The number of pyridine rings is 1. The lowest BCUT2D eigenvalue weighted by Gasteiger charge is -2.30. The summed E-state index contributed by atoms with van der Waals surface area (Å²) in [6, 6.07) is 3.05. The predicted molar refractivity (Wildman–Crippen MR) is 69.9 cm³/mol. The lowest BCUT2D eigenvalue weighted by molar-refractivity contribution is -0.384. The Labute approximate surface area is 110 Å². The summed E-state index contributed by atoms with van der Waals surface area (Å²) in [7, 11) is 1.73. The zero-order valence-electron chi connectivity index (χ0n) is 10.9. The van der Waals surface area contributed by atoms with Gasteiger partial charge in [-0.25, -0.2) is 4.98 Å². The van der Waals surface area contributed by atoms with E-state index in [0.717, 1.165) is 0 Å². The molecule has 1 atom stereocenters. The number of aryl methyl sites for hydroxylation is 1. The van der Waals surface area contributed by atoms with Crippen molar-refractivity contribution < 1.29 is 9.72 Å². The first-order chi connectivity index (χ1) is 8.97. The monoisotopic (exact) mass is 264 g/mol. The normalized spacial score (nSPS) is 19.4. The van der Waals surface area contributed by atoms with E-state index in [0.29, 0.717) is 25.1 Å². The smallest absolute Gasteiger partial charge is 0.311 e. The summed E-state index contributed by atoms with van der Waals surface area (Å²) in [6.45, 7) is 2.32. The molecule has 1 aromatic rings. The lowest BCUT2D eigenvalue weighted by Crippen LogP contribution is -2.43. The molecule has 2 rings (SSSR count). The lowest BCUT2D eigenvalue weighted by atomic mass is 10.1. The highest BCUT2D eigenvalue weighted by molar-refractivity contribution is 5.77.